The second-order valence-electron chi connectivity index (χ2n) is 3.44. The van der Waals surface area contributed by atoms with Gasteiger partial charge in [-0.1, -0.05) is 12.1 Å². The zero-order valence-electron chi connectivity index (χ0n) is 8.40. The van der Waals surface area contributed by atoms with Gasteiger partial charge in [0, 0.05) is 29.2 Å². The summed E-state index contributed by atoms with van der Waals surface area (Å²) < 4.78 is 27.9. The van der Waals surface area contributed by atoms with Crippen LogP contribution in [0.2, 0.25) is 0 Å². The Labute approximate surface area is 91.7 Å². The molecule has 0 fully saturated rings. The number of anilines is 1. The van der Waals surface area contributed by atoms with Gasteiger partial charge in [0.05, 0.1) is 0 Å². The first kappa shape index (κ1) is 10.5. The van der Waals surface area contributed by atoms with Crippen molar-refractivity contribution in [1.82, 2.24) is 4.98 Å². The van der Waals surface area contributed by atoms with Crippen LogP contribution >= 0.6 is 0 Å². The predicted octanol–water partition coefficient (Wildman–Crippen LogP) is 2.80. The van der Waals surface area contributed by atoms with Crippen molar-refractivity contribution in [2.45, 2.75) is 5.92 Å². The lowest BCUT2D eigenvalue weighted by molar-refractivity contribution is 0.0425. The second kappa shape index (κ2) is 3.89. The van der Waals surface area contributed by atoms with Gasteiger partial charge in [0.25, 0.3) is 5.92 Å². The minimum Gasteiger partial charge on any atom is -0.399 e. The molecule has 1 aromatic heterocycles. The lowest BCUT2D eigenvalue weighted by atomic mass is 10.0. The zero-order valence-corrected chi connectivity index (χ0v) is 8.40. The number of hydrogen-bond acceptors (Lipinski definition) is 2. The molecule has 0 aliphatic rings. The molecule has 0 atom stereocenters. The van der Waals surface area contributed by atoms with Gasteiger partial charge >= 0.3 is 0 Å². The van der Waals surface area contributed by atoms with Crippen LogP contribution in [-0.4, -0.2) is 4.98 Å². The molecule has 0 saturated carbocycles. The summed E-state index contributed by atoms with van der Waals surface area (Å²) in [6, 6.07) is 8.53. The Morgan fingerprint density at radius 3 is 2.44 bits per heavy atom. The van der Waals surface area contributed by atoms with Crippen LogP contribution in [0.1, 0.15) is 11.1 Å². The normalized spacial score (nSPS) is 11.4. The summed E-state index contributed by atoms with van der Waals surface area (Å²) >= 11 is 0. The van der Waals surface area contributed by atoms with E-state index < -0.39 is 5.92 Å². The minimum absolute atomic E-state index is 0.125. The molecule has 0 aliphatic carbocycles. The smallest absolute Gasteiger partial charge is 0.300 e. The molecule has 0 spiro atoms. The Bertz CT molecular complexity index is 483. The maximum Gasteiger partial charge on any atom is 0.300 e. The molecule has 2 aromatic rings. The second-order valence-corrected chi connectivity index (χ2v) is 3.44. The van der Waals surface area contributed by atoms with Crippen molar-refractivity contribution in [3.05, 3.63) is 59.9 Å². The van der Waals surface area contributed by atoms with Gasteiger partial charge in [-0.05, 0) is 24.3 Å². The van der Waals surface area contributed by atoms with Crippen molar-refractivity contribution in [3.63, 3.8) is 0 Å². The molecule has 4 heteroatoms. The molecule has 0 bridgehead atoms. The average Bonchev–Trinajstić information content (AvgIpc) is 2.30. The molecule has 1 heterocycles. The Hall–Kier alpha value is -1.97. The topological polar surface area (TPSA) is 38.9 Å². The van der Waals surface area contributed by atoms with Gasteiger partial charge in [0.1, 0.15) is 0 Å². The molecular weight excluding hydrogens is 210 g/mol. The van der Waals surface area contributed by atoms with Crippen LogP contribution in [0.25, 0.3) is 0 Å². The SMILES string of the molecule is Nc1cccc(C(F)(F)c2cccnc2)c1. The van der Waals surface area contributed by atoms with Crippen molar-refractivity contribution in [3.8, 4) is 0 Å². The van der Waals surface area contributed by atoms with Crippen molar-refractivity contribution in [2.24, 2.45) is 0 Å². The highest BCUT2D eigenvalue weighted by atomic mass is 19.3. The fraction of sp³-hybridized carbons (Fsp3) is 0.0833. The van der Waals surface area contributed by atoms with E-state index in [0.29, 0.717) is 5.69 Å². The summed E-state index contributed by atoms with van der Waals surface area (Å²) in [5.41, 5.74) is 5.54. The van der Waals surface area contributed by atoms with E-state index in [1.165, 1.54) is 36.5 Å². The van der Waals surface area contributed by atoms with E-state index in [4.69, 9.17) is 5.73 Å². The van der Waals surface area contributed by atoms with Crippen LogP contribution in [0.3, 0.4) is 0 Å². The highest BCUT2D eigenvalue weighted by molar-refractivity contribution is 5.44. The molecule has 0 amide bonds. The number of pyridine rings is 1. The summed E-state index contributed by atoms with van der Waals surface area (Å²) in [6.07, 6.45) is 2.61. The lowest BCUT2D eigenvalue weighted by Gasteiger charge is -2.16. The highest BCUT2D eigenvalue weighted by Crippen LogP contribution is 2.35. The Morgan fingerprint density at radius 2 is 1.81 bits per heavy atom. The summed E-state index contributed by atoms with van der Waals surface area (Å²) in [5.74, 6) is -3.07. The first-order valence-electron chi connectivity index (χ1n) is 4.75. The molecule has 2 rings (SSSR count). The van der Waals surface area contributed by atoms with Crippen LogP contribution in [0.15, 0.2) is 48.8 Å². The number of halogens is 2. The van der Waals surface area contributed by atoms with Gasteiger partial charge in [-0.3, -0.25) is 4.98 Å². The number of alkyl halides is 2. The number of nitrogens with two attached hydrogens (primary N) is 1. The van der Waals surface area contributed by atoms with Crippen LogP contribution in [0.5, 0.6) is 0 Å². The quantitative estimate of drug-likeness (QED) is 0.790. The molecule has 0 radical (unpaired) electrons. The van der Waals surface area contributed by atoms with Crippen LogP contribution in [0.4, 0.5) is 14.5 Å². The number of nitrogens with zero attached hydrogens (tertiary/aromatic N) is 1. The summed E-state index contributed by atoms with van der Waals surface area (Å²) in [6.45, 7) is 0. The van der Waals surface area contributed by atoms with Crippen LogP contribution < -0.4 is 5.73 Å². The third kappa shape index (κ3) is 1.86. The Morgan fingerprint density at radius 1 is 1.06 bits per heavy atom. The van der Waals surface area contributed by atoms with Gasteiger partial charge < -0.3 is 5.73 Å². The fourth-order valence-electron chi connectivity index (χ4n) is 1.45. The molecule has 1 aromatic carbocycles. The van der Waals surface area contributed by atoms with E-state index in [0.717, 1.165) is 6.20 Å². The van der Waals surface area contributed by atoms with E-state index in [9.17, 15) is 8.78 Å². The van der Waals surface area contributed by atoms with Gasteiger partial charge in [0.2, 0.25) is 0 Å². The van der Waals surface area contributed by atoms with E-state index in [-0.39, 0.29) is 11.1 Å². The largest absolute Gasteiger partial charge is 0.399 e. The van der Waals surface area contributed by atoms with Crippen molar-refractivity contribution >= 4 is 5.69 Å². The molecule has 0 saturated heterocycles. The minimum atomic E-state index is -3.07. The van der Waals surface area contributed by atoms with E-state index in [1.807, 2.05) is 0 Å². The first-order chi connectivity index (χ1) is 7.60. The van der Waals surface area contributed by atoms with E-state index in [1.54, 1.807) is 6.07 Å². The standard InChI is InChI=1S/C12H10F2N2/c13-12(14,10-4-2-6-16-8-10)9-3-1-5-11(15)7-9/h1-8H,15H2. The first-order valence-corrected chi connectivity index (χ1v) is 4.75. The fourth-order valence-corrected chi connectivity index (χ4v) is 1.45. The van der Waals surface area contributed by atoms with Crippen LogP contribution in [0, 0.1) is 0 Å². The molecule has 2 N–H and O–H groups in total. The van der Waals surface area contributed by atoms with Crippen LogP contribution in [-0.2, 0) is 5.92 Å². The lowest BCUT2D eigenvalue weighted by Crippen LogP contribution is -2.15. The number of benzene rings is 1. The van der Waals surface area contributed by atoms with E-state index >= 15 is 0 Å². The monoisotopic (exact) mass is 220 g/mol. The van der Waals surface area contributed by atoms with Crippen molar-refractivity contribution in [2.75, 3.05) is 5.73 Å². The van der Waals surface area contributed by atoms with Gasteiger partial charge in [-0.15, -0.1) is 0 Å². The summed E-state index contributed by atoms with van der Waals surface area (Å²) in [4.78, 5) is 3.69. The summed E-state index contributed by atoms with van der Waals surface area (Å²) in [5, 5.41) is 0. The zero-order chi connectivity index (χ0) is 11.6. The van der Waals surface area contributed by atoms with Crippen molar-refractivity contribution in [1.29, 1.82) is 0 Å². The number of nitrogen functional groups attached to an aromatic ring is 1. The number of aromatic nitrogens is 1. The third-order valence-corrected chi connectivity index (χ3v) is 2.27. The molecule has 0 unspecified atom stereocenters. The van der Waals surface area contributed by atoms with Gasteiger partial charge in [0.15, 0.2) is 0 Å². The molecule has 16 heavy (non-hydrogen) atoms. The molecule has 0 aliphatic heterocycles. The Balaban J connectivity index is 2.47. The van der Waals surface area contributed by atoms with Gasteiger partial charge in [-0.2, -0.15) is 8.78 Å². The highest BCUT2D eigenvalue weighted by Gasteiger charge is 2.34. The van der Waals surface area contributed by atoms with Gasteiger partial charge in [-0.25, -0.2) is 0 Å². The average molecular weight is 220 g/mol. The third-order valence-electron chi connectivity index (χ3n) is 2.27. The number of hydrogen-bond donors (Lipinski definition) is 1. The molecule has 2 nitrogen and oxygen atoms in total. The predicted molar refractivity (Wildman–Crippen MR) is 58.1 cm³/mol. The Kier molecular flexibility index (Phi) is 2.56. The maximum absolute atomic E-state index is 14.0. The maximum atomic E-state index is 14.0. The molecular formula is C12H10F2N2. The van der Waals surface area contributed by atoms with E-state index in [2.05, 4.69) is 4.98 Å². The molecule has 82 valence electrons. The number of rotatable bonds is 2. The van der Waals surface area contributed by atoms with Crippen molar-refractivity contribution < 1.29 is 8.78 Å². The summed E-state index contributed by atoms with van der Waals surface area (Å²) in [7, 11) is 0.